The van der Waals surface area contributed by atoms with Gasteiger partial charge in [-0.2, -0.15) is 0 Å². The molecule has 1 aliphatic heterocycles. The standard InChI is InChI=1S/C16H19ClN2O3/c1-9-12(14(20)22-16(2,3)4)13(19-15(21)18-9)10-7-5-6-8-11(10)17/h5-8,13H,1-4H3,(H2,18,19,21). The SMILES string of the molecule is CC1=C(C(=O)OC(C)(C)C)C(c2ccccc2Cl)NC(=O)N1. The lowest BCUT2D eigenvalue weighted by Crippen LogP contribution is -2.46. The third-order valence-corrected chi connectivity index (χ3v) is 3.45. The van der Waals surface area contributed by atoms with E-state index < -0.39 is 17.6 Å². The highest BCUT2D eigenvalue weighted by Crippen LogP contribution is 2.32. The van der Waals surface area contributed by atoms with Gasteiger partial charge in [-0.3, -0.25) is 0 Å². The molecule has 0 fully saturated rings. The monoisotopic (exact) mass is 322 g/mol. The third kappa shape index (κ3) is 3.60. The van der Waals surface area contributed by atoms with E-state index in [9.17, 15) is 9.59 Å². The number of hydrogen-bond donors (Lipinski definition) is 2. The van der Waals surface area contributed by atoms with E-state index in [0.717, 1.165) is 0 Å². The smallest absolute Gasteiger partial charge is 0.338 e. The maximum Gasteiger partial charge on any atom is 0.338 e. The van der Waals surface area contributed by atoms with Crippen LogP contribution in [-0.2, 0) is 9.53 Å². The maximum absolute atomic E-state index is 12.5. The van der Waals surface area contributed by atoms with Crippen molar-refractivity contribution in [2.24, 2.45) is 0 Å². The van der Waals surface area contributed by atoms with Crippen molar-refractivity contribution >= 4 is 23.6 Å². The Balaban J connectivity index is 2.46. The van der Waals surface area contributed by atoms with Crippen LogP contribution in [0.5, 0.6) is 0 Å². The first-order valence-corrected chi connectivity index (χ1v) is 7.33. The normalized spacial score (nSPS) is 18.6. The van der Waals surface area contributed by atoms with E-state index >= 15 is 0 Å². The number of carbonyl (C=O) groups is 2. The molecule has 0 bridgehead atoms. The number of rotatable bonds is 2. The van der Waals surface area contributed by atoms with Crippen LogP contribution in [0.4, 0.5) is 4.79 Å². The van der Waals surface area contributed by atoms with Crippen LogP contribution < -0.4 is 10.6 Å². The number of benzene rings is 1. The van der Waals surface area contributed by atoms with Crippen LogP contribution in [0.1, 0.15) is 39.3 Å². The topological polar surface area (TPSA) is 67.4 Å². The predicted molar refractivity (Wildman–Crippen MR) is 84.4 cm³/mol. The molecule has 22 heavy (non-hydrogen) atoms. The van der Waals surface area contributed by atoms with Gasteiger partial charge in [0.15, 0.2) is 0 Å². The minimum atomic E-state index is -0.641. The van der Waals surface area contributed by atoms with E-state index in [-0.39, 0.29) is 6.03 Å². The fraction of sp³-hybridized carbons (Fsp3) is 0.375. The Morgan fingerprint density at radius 3 is 2.50 bits per heavy atom. The molecular weight excluding hydrogens is 304 g/mol. The van der Waals surface area contributed by atoms with Gasteiger partial charge < -0.3 is 15.4 Å². The van der Waals surface area contributed by atoms with Gasteiger partial charge in [0.2, 0.25) is 0 Å². The first kappa shape index (κ1) is 16.4. The highest BCUT2D eigenvalue weighted by molar-refractivity contribution is 6.31. The summed E-state index contributed by atoms with van der Waals surface area (Å²) in [7, 11) is 0. The summed E-state index contributed by atoms with van der Waals surface area (Å²) in [6, 6.07) is 6.06. The number of nitrogens with one attached hydrogen (secondary N) is 2. The summed E-state index contributed by atoms with van der Waals surface area (Å²) < 4.78 is 5.44. The fourth-order valence-corrected chi connectivity index (χ4v) is 2.48. The molecule has 1 atom stereocenters. The minimum absolute atomic E-state index is 0.350. The largest absolute Gasteiger partial charge is 0.456 e. The molecule has 0 aliphatic carbocycles. The number of ether oxygens (including phenoxy) is 1. The summed E-state index contributed by atoms with van der Waals surface area (Å²) in [4.78, 5) is 24.3. The molecule has 0 saturated carbocycles. The molecule has 0 spiro atoms. The molecule has 118 valence electrons. The summed E-state index contributed by atoms with van der Waals surface area (Å²) in [5.74, 6) is -0.484. The van der Waals surface area contributed by atoms with Gasteiger partial charge in [0, 0.05) is 10.7 Å². The van der Waals surface area contributed by atoms with Crippen LogP contribution in [0.15, 0.2) is 35.5 Å². The molecule has 5 nitrogen and oxygen atoms in total. The maximum atomic E-state index is 12.5. The first-order valence-electron chi connectivity index (χ1n) is 6.95. The molecule has 1 aromatic rings. The molecule has 1 heterocycles. The zero-order chi connectivity index (χ0) is 16.5. The molecule has 1 unspecified atom stereocenters. The average molecular weight is 323 g/mol. The number of carbonyl (C=O) groups excluding carboxylic acids is 2. The average Bonchev–Trinajstić information content (AvgIpc) is 2.35. The van der Waals surface area contributed by atoms with Gasteiger partial charge >= 0.3 is 12.0 Å². The Morgan fingerprint density at radius 2 is 1.91 bits per heavy atom. The first-order chi connectivity index (χ1) is 10.2. The lowest BCUT2D eigenvalue weighted by atomic mass is 9.95. The Kier molecular flexibility index (Phi) is 4.47. The van der Waals surface area contributed by atoms with Gasteiger partial charge in [-0.1, -0.05) is 29.8 Å². The molecule has 0 radical (unpaired) electrons. The predicted octanol–water partition coefficient (Wildman–Crippen LogP) is 3.31. The Bertz CT molecular complexity index is 647. The molecule has 0 saturated heterocycles. The number of hydrogen-bond acceptors (Lipinski definition) is 3. The van der Waals surface area contributed by atoms with Crippen molar-refractivity contribution in [3.63, 3.8) is 0 Å². The van der Waals surface area contributed by atoms with Gasteiger partial charge in [0.1, 0.15) is 5.60 Å². The number of halogens is 1. The van der Waals surface area contributed by atoms with E-state index in [1.54, 1.807) is 52.0 Å². The van der Waals surface area contributed by atoms with Crippen molar-refractivity contribution in [3.8, 4) is 0 Å². The zero-order valence-electron chi connectivity index (χ0n) is 13.0. The summed E-state index contributed by atoms with van der Waals surface area (Å²) in [6.07, 6.45) is 0. The van der Waals surface area contributed by atoms with Crippen molar-refractivity contribution in [3.05, 3.63) is 46.1 Å². The van der Waals surface area contributed by atoms with Crippen LogP contribution in [0.2, 0.25) is 5.02 Å². The third-order valence-electron chi connectivity index (χ3n) is 3.10. The highest BCUT2D eigenvalue weighted by Gasteiger charge is 2.34. The summed E-state index contributed by atoms with van der Waals surface area (Å²) in [5, 5.41) is 5.80. The number of urea groups is 1. The van der Waals surface area contributed by atoms with Crippen molar-refractivity contribution in [1.82, 2.24) is 10.6 Å². The number of allylic oxidation sites excluding steroid dienone is 1. The van der Waals surface area contributed by atoms with Crippen LogP contribution in [0, 0.1) is 0 Å². The summed E-state index contributed by atoms with van der Waals surface area (Å²) >= 11 is 6.21. The van der Waals surface area contributed by atoms with E-state index in [2.05, 4.69) is 10.6 Å². The van der Waals surface area contributed by atoms with Crippen molar-refractivity contribution < 1.29 is 14.3 Å². The Labute approximate surface area is 134 Å². The number of esters is 1. The molecular formula is C16H19ClN2O3. The van der Waals surface area contributed by atoms with Gasteiger partial charge in [0.25, 0.3) is 0 Å². The zero-order valence-corrected chi connectivity index (χ0v) is 13.7. The van der Waals surface area contributed by atoms with Crippen molar-refractivity contribution in [2.75, 3.05) is 0 Å². The van der Waals surface area contributed by atoms with Gasteiger partial charge in [0.05, 0.1) is 11.6 Å². The van der Waals surface area contributed by atoms with Crippen LogP contribution in [0.25, 0.3) is 0 Å². The Hall–Kier alpha value is -2.01. The molecule has 1 aromatic carbocycles. The van der Waals surface area contributed by atoms with Gasteiger partial charge in [-0.15, -0.1) is 0 Å². The van der Waals surface area contributed by atoms with E-state index in [1.807, 2.05) is 0 Å². The summed E-state index contributed by atoms with van der Waals surface area (Å²) in [5.41, 5.74) is 0.835. The van der Waals surface area contributed by atoms with Crippen molar-refractivity contribution in [1.29, 1.82) is 0 Å². The van der Waals surface area contributed by atoms with Gasteiger partial charge in [-0.25, -0.2) is 9.59 Å². The van der Waals surface area contributed by atoms with Crippen LogP contribution in [0.3, 0.4) is 0 Å². The van der Waals surface area contributed by atoms with Gasteiger partial charge in [-0.05, 0) is 39.3 Å². The quantitative estimate of drug-likeness (QED) is 0.821. The Morgan fingerprint density at radius 1 is 1.27 bits per heavy atom. The number of amides is 2. The van der Waals surface area contributed by atoms with Crippen molar-refractivity contribution in [2.45, 2.75) is 39.3 Å². The van der Waals surface area contributed by atoms with E-state index in [4.69, 9.17) is 16.3 Å². The molecule has 2 N–H and O–H groups in total. The molecule has 0 aromatic heterocycles. The second-order valence-corrected chi connectivity index (χ2v) is 6.50. The minimum Gasteiger partial charge on any atom is -0.456 e. The second kappa shape index (κ2) is 6.01. The highest BCUT2D eigenvalue weighted by atomic mass is 35.5. The molecule has 2 amide bonds. The molecule has 2 rings (SSSR count). The molecule has 1 aliphatic rings. The lowest BCUT2D eigenvalue weighted by molar-refractivity contribution is -0.150. The lowest BCUT2D eigenvalue weighted by Gasteiger charge is -2.30. The molecule has 6 heteroatoms. The van der Waals surface area contributed by atoms with E-state index in [1.165, 1.54) is 0 Å². The van der Waals surface area contributed by atoms with E-state index in [0.29, 0.717) is 21.9 Å². The second-order valence-electron chi connectivity index (χ2n) is 6.09. The summed E-state index contributed by atoms with van der Waals surface area (Å²) in [6.45, 7) is 7.04. The van der Waals surface area contributed by atoms with Crippen LogP contribution >= 0.6 is 11.6 Å². The van der Waals surface area contributed by atoms with Crippen LogP contribution in [-0.4, -0.2) is 17.6 Å². The fourth-order valence-electron chi connectivity index (χ4n) is 2.24.